The number of amides is 1. The average molecular weight is 2180 g/mol. The van der Waals surface area contributed by atoms with Gasteiger partial charge in [-0.3, -0.25) is 4.79 Å². The largest absolute Gasteiger partial charge is 0.353 e. The molecule has 0 heterocycles. The molecule has 9 N–H and O–H groups in total. The van der Waals surface area contributed by atoms with Gasteiger partial charge in [0.05, 0.1) is 0 Å². The van der Waals surface area contributed by atoms with Gasteiger partial charge in [-0.2, -0.15) is 135 Å². The summed E-state index contributed by atoms with van der Waals surface area (Å²) in [4.78, 5) is 10.9. The molecule has 10 nitrogen and oxygen atoms in total. The van der Waals surface area contributed by atoms with Crippen molar-refractivity contribution in [3.8, 4) is 0 Å². The molecule has 13 fully saturated rings. The first-order valence-electron chi connectivity index (χ1n) is 60.6. The molecule has 0 aliphatic heterocycles. The molecule has 0 aromatic carbocycles. The lowest BCUT2D eigenvalue weighted by molar-refractivity contribution is -0.121. The molecule has 0 bridgehead atoms. The third-order valence-electron chi connectivity index (χ3n) is 27.6. The van der Waals surface area contributed by atoms with Crippen molar-refractivity contribution in [2.45, 2.75) is 565 Å². The summed E-state index contributed by atoms with van der Waals surface area (Å²) in [5.41, 5.74) is 0. The maximum Gasteiger partial charge on any atom is 0.220 e. The van der Waals surface area contributed by atoms with Gasteiger partial charge in [0, 0.05) is 12.5 Å². The molecule has 1 amide bonds. The van der Waals surface area contributed by atoms with E-state index in [2.05, 4.69) is 169 Å². The van der Waals surface area contributed by atoms with E-state index in [9.17, 15) is 4.79 Å². The minimum atomic E-state index is 0. The molecule has 13 aliphatic rings. The van der Waals surface area contributed by atoms with E-state index in [0.717, 1.165) is 89.8 Å². The number of nitrogens with one attached hydrogen (secondary N) is 9. The molecule has 860 valence electrons. The first kappa shape index (κ1) is 163. The SMILES string of the molecule is CC(C)CCCCNCC1CC1.CCC1CC1.CCC1CC1.CCCCC(=O)NC1CC1.CCCCCCC=CC1CC1.CCCCCCC=CC1CC1.CCCCCCNCC1CC1.CCCCCCNCC1CC1.CCCCCCNCC1CC1.CCCCCCNCC1CC1.CCCCCCNCC1CC1.CCCCCCNCC1CC1.CCCCCCNCC1CC1.S.S.S.S.S.S.S.S.S.S. The van der Waals surface area contributed by atoms with Crippen molar-refractivity contribution < 1.29 is 4.79 Å². The Morgan fingerprint density at radius 2 is 0.404 bits per heavy atom. The van der Waals surface area contributed by atoms with E-state index >= 15 is 0 Å². The predicted molar refractivity (Wildman–Crippen MR) is 694 cm³/mol. The highest BCUT2D eigenvalue weighted by Crippen LogP contribution is 2.35. The Bertz CT molecular complexity index is 2010. The molecule has 13 aliphatic carbocycles. The highest BCUT2D eigenvalue weighted by molar-refractivity contribution is 7.60. The summed E-state index contributed by atoms with van der Waals surface area (Å²) in [5.74, 6) is 13.7. The second kappa shape index (κ2) is 129. The zero-order valence-corrected chi connectivity index (χ0v) is 107. The van der Waals surface area contributed by atoms with Crippen molar-refractivity contribution >= 4 is 141 Å². The van der Waals surface area contributed by atoms with Crippen LogP contribution in [0.1, 0.15) is 559 Å². The van der Waals surface area contributed by atoms with Gasteiger partial charge in [0.25, 0.3) is 0 Å². The summed E-state index contributed by atoms with van der Waals surface area (Å²) in [6.07, 6.45) is 110. The zero-order valence-electron chi connectivity index (χ0n) is 97.0. The summed E-state index contributed by atoms with van der Waals surface area (Å²) < 4.78 is 0. The highest BCUT2D eigenvalue weighted by Gasteiger charge is 2.27. The van der Waals surface area contributed by atoms with Crippen molar-refractivity contribution in [3.05, 3.63) is 24.3 Å². The van der Waals surface area contributed by atoms with Crippen LogP contribution in [0.15, 0.2) is 24.3 Å². The van der Waals surface area contributed by atoms with Gasteiger partial charge >= 0.3 is 0 Å². The van der Waals surface area contributed by atoms with Crippen LogP contribution in [0.3, 0.4) is 0 Å². The minimum absolute atomic E-state index is 0. The molecule has 13 saturated carbocycles. The van der Waals surface area contributed by atoms with Crippen LogP contribution < -0.4 is 47.9 Å². The normalized spacial score (nSPS) is 16.5. The molecule has 0 atom stereocenters. The molecule has 0 saturated heterocycles. The standard InChI is InChI=1S/C11H23N.2C11H20.7C10H21N.C8H15NO.2C5H10.10H2S/c1-10(2)5-3-4-8-12-9-11-6-7-11;2*1-2-3-4-5-6-7-8-11-9-10-11;7*1-2-3-4-5-8-11-9-10-6-7-10;1-2-3-4-8(10)9-7-5-6-7;2*1-2-5-3-4-5;;;;;;;;;;/h10-12H,3-9H2,1-2H3;2*7-8,11H,2-6,9-10H2,1H3;7*10-11H,2-9H2,1H3;7H,2-6H2,1H3,(H,9,10);2*5H,2-4H2,1H3;10*1H2. The van der Waals surface area contributed by atoms with Crippen LogP contribution in [-0.4, -0.2) is 117 Å². The molecular weight excluding hydrogens is 1920 g/mol. The number of hydrogen-bond acceptors (Lipinski definition) is 9. The smallest absolute Gasteiger partial charge is 0.220 e. The third kappa shape index (κ3) is 155. The maximum absolute atomic E-state index is 10.9. The Labute approximate surface area is 956 Å². The lowest BCUT2D eigenvalue weighted by atomic mass is 10.1. The number of rotatable bonds is 74. The summed E-state index contributed by atoms with van der Waals surface area (Å²) in [6.45, 7) is 51.8. The monoisotopic (exact) mass is 2180 g/mol. The number of carbonyl (C=O) groups is 1. The van der Waals surface area contributed by atoms with Gasteiger partial charge in [-0.05, 0) is 406 Å². The number of allylic oxidation sites excluding steroid dienone is 4. The Balaban J connectivity index is -0.000000164. The van der Waals surface area contributed by atoms with Crippen molar-refractivity contribution in [1.82, 2.24) is 47.9 Å². The fourth-order valence-corrected chi connectivity index (χ4v) is 15.0. The molecule has 0 aromatic heterocycles. The van der Waals surface area contributed by atoms with Gasteiger partial charge in [-0.1, -0.05) is 352 Å². The van der Waals surface area contributed by atoms with E-state index in [1.807, 2.05) is 0 Å². The third-order valence-corrected chi connectivity index (χ3v) is 27.6. The van der Waals surface area contributed by atoms with Crippen LogP contribution in [-0.2, 0) is 4.79 Å². The molecule has 141 heavy (non-hydrogen) atoms. The van der Waals surface area contributed by atoms with Crippen LogP contribution in [0.5, 0.6) is 0 Å². The van der Waals surface area contributed by atoms with Gasteiger partial charge in [0.15, 0.2) is 0 Å². The highest BCUT2D eigenvalue weighted by atomic mass is 32.1. The summed E-state index contributed by atoms with van der Waals surface area (Å²) in [6, 6.07) is 0.532. The van der Waals surface area contributed by atoms with Gasteiger partial charge in [0.2, 0.25) is 5.91 Å². The van der Waals surface area contributed by atoms with E-state index in [4.69, 9.17) is 0 Å². The van der Waals surface area contributed by atoms with E-state index in [-0.39, 0.29) is 141 Å². The Morgan fingerprint density at radius 3 is 0.553 bits per heavy atom. The van der Waals surface area contributed by atoms with E-state index in [1.54, 1.807) is 0 Å². The van der Waals surface area contributed by atoms with Crippen LogP contribution in [0.25, 0.3) is 0 Å². The molecule has 0 spiro atoms. The van der Waals surface area contributed by atoms with Crippen LogP contribution in [0, 0.1) is 76.9 Å². The summed E-state index contributed by atoms with van der Waals surface area (Å²) in [7, 11) is 0. The lowest BCUT2D eigenvalue weighted by Gasteiger charge is -2.05. The van der Waals surface area contributed by atoms with Crippen LogP contribution >= 0.6 is 135 Å². The minimum Gasteiger partial charge on any atom is -0.353 e. The van der Waals surface area contributed by atoms with Gasteiger partial charge in [0.1, 0.15) is 0 Å². The second-order valence-corrected chi connectivity index (χ2v) is 44.4. The van der Waals surface area contributed by atoms with Crippen molar-refractivity contribution in [2.75, 3.05) is 105 Å². The first-order chi connectivity index (χ1) is 64.4. The average Bonchev–Trinajstić information content (AvgIpc) is 1.77. The topological polar surface area (TPSA) is 125 Å². The number of hydrogen-bond donors (Lipinski definition) is 9. The summed E-state index contributed by atoms with van der Waals surface area (Å²) in [5, 5.41) is 31.0. The van der Waals surface area contributed by atoms with E-state index < -0.39 is 0 Å². The lowest BCUT2D eigenvalue weighted by Crippen LogP contribution is -2.24. The number of carbonyl (C=O) groups excluding carboxylic acids is 1. The zero-order chi connectivity index (χ0) is 95.1. The van der Waals surface area contributed by atoms with Gasteiger partial charge in [-0.25, -0.2) is 0 Å². The molecule has 0 unspecified atom stereocenters. The fourth-order valence-electron chi connectivity index (χ4n) is 15.0. The fraction of sp³-hybridized carbons (Fsp3) is 0.959. The Kier molecular flexibility index (Phi) is 149. The van der Waals surface area contributed by atoms with E-state index in [1.165, 1.54) is 548 Å². The van der Waals surface area contributed by atoms with Crippen LogP contribution in [0.2, 0.25) is 0 Å². The van der Waals surface area contributed by atoms with Gasteiger partial charge in [-0.15, -0.1) is 0 Å². The van der Waals surface area contributed by atoms with E-state index in [0.29, 0.717) is 12.5 Å². The van der Waals surface area contributed by atoms with Crippen molar-refractivity contribution in [2.24, 2.45) is 76.9 Å². The molecule has 0 radical (unpaired) electrons. The Morgan fingerprint density at radius 1 is 0.220 bits per heavy atom. The molecule has 20 heteroatoms. The summed E-state index contributed by atoms with van der Waals surface area (Å²) >= 11 is 0. The molecular formula is C121H265N9OS10. The number of unbranched alkanes of at least 4 members (excludes halogenated alkanes) is 31. The van der Waals surface area contributed by atoms with Crippen molar-refractivity contribution in [3.63, 3.8) is 0 Å². The maximum atomic E-state index is 10.9. The quantitative estimate of drug-likeness (QED) is 0.0216. The Hall–Kier alpha value is 2.13. The van der Waals surface area contributed by atoms with Crippen LogP contribution in [0.4, 0.5) is 0 Å². The van der Waals surface area contributed by atoms with Gasteiger partial charge < -0.3 is 47.9 Å². The molecule has 0 aromatic rings. The van der Waals surface area contributed by atoms with Crippen molar-refractivity contribution in [1.29, 1.82) is 0 Å². The second-order valence-electron chi connectivity index (χ2n) is 44.4. The predicted octanol–water partition coefficient (Wildman–Crippen LogP) is 34.8. The molecule has 13 rings (SSSR count). The first-order valence-corrected chi connectivity index (χ1v) is 60.6.